The number of anilines is 1. The van der Waals surface area contributed by atoms with Gasteiger partial charge in [-0.2, -0.15) is 5.10 Å². The number of carbonyl (C=O) groups is 1. The summed E-state index contributed by atoms with van der Waals surface area (Å²) in [5.41, 5.74) is 0.457. The standard InChI is InChI=1S/C21H14F4N4O/c1-11-2-7-15(23)17(8-11)28-21(30)14-10-26-29-18(19(24)25)9-16(27-20(14)29)12-3-5-13(22)6-4-12/h2-10,19H,1H3,(H,28,30). The van der Waals surface area contributed by atoms with Gasteiger partial charge in [-0.15, -0.1) is 0 Å². The second-order valence-electron chi connectivity index (χ2n) is 6.60. The average molecular weight is 414 g/mol. The average Bonchev–Trinajstić information content (AvgIpc) is 3.14. The molecular formula is C21H14F4N4O. The number of nitrogens with zero attached hydrogens (tertiary/aromatic N) is 3. The van der Waals surface area contributed by atoms with Gasteiger partial charge in [-0.25, -0.2) is 27.1 Å². The lowest BCUT2D eigenvalue weighted by Gasteiger charge is -2.09. The van der Waals surface area contributed by atoms with Crippen molar-refractivity contribution in [1.82, 2.24) is 14.6 Å². The van der Waals surface area contributed by atoms with Crippen molar-refractivity contribution in [2.75, 3.05) is 5.32 Å². The first-order valence-electron chi connectivity index (χ1n) is 8.84. The number of carbonyl (C=O) groups excluding carboxylic acids is 1. The number of amides is 1. The highest BCUT2D eigenvalue weighted by atomic mass is 19.3. The quantitative estimate of drug-likeness (QED) is 0.469. The van der Waals surface area contributed by atoms with Gasteiger partial charge in [0.15, 0.2) is 5.65 Å². The van der Waals surface area contributed by atoms with E-state index >= 15 is 0 Å². The third-order valence-corrected chi connectivity index (χ3v) is 4.48. The Labute approximate surface area is 168 Å². The first-order chi connectivity index (χ1) is 14.3. The Morgan fingerprint density at radius 2 is 1.80 bits per heavy atom. The summed E-state index contributed by atoms with van der Waals surface area (Å²) in [6.45, 7) is 1.73. The Morgan fingerprint density at radius 3 is 2.50 bits per heavy atom. The summed E-state index contributed by atoms with van der Waals surface area (Å²) < 4.78 is 55.3. The van der Waals surface area contributed by atoms with Crippen molar-refractivity contribution >= 4 is 17.2 Å². The molecule has 2 heterocycles. The molecule has 9 heteroatoms. The summed E-state index contributed by atoms with van der Waals surface area (Å²) in [5, 5.41) is 6.27. The van der Waals surface area contributed by atoms with Crippen molar-refractivity contribution in [3.8, 4) is 11.3 Å². The smallest absolute Gasteiger partial charge is 0.280 e. The number of aryl methyl sites for hydroxylation is 1. The monoisotopic (exact) mass is 414 g/mol. The van der Waals surface area contributed by atoms with Crippen LogP contribution in [0.2, 0.25) is 0 Å². The number of rotatable bonds is 4. The molecule has 2 aromatic heterocycles. The maximum atomic E-state index is 14.0. The van der Waals surface area contributed by atoms with E-state index in [1.54, 1.807) is 13.0 Å². The molecule has 5 nitrogen and oxygen atoms in total. The van der Waals surface area contributed by atoms with E-state index in [0.717, 1.165) is 22.3 Å². The van der Waals surface area contributed by atoms with Crippen LogP contribution in [0.15, 0.2) is 54.7 Å². The van der Waals surface area contributed by atoms with Crippen molar-refractivity contribution in [3.63, 3.8) is 0 Å². The molecule has 1 N–H and O–H groups in total. The van der Waals surface area contributed by atoms with Gasteiger partial charge in [-0.05, 0) is 55.0 Å². The van der Waals surface area contributed by atoms with Gasteiger partial charge in [0, 0.05) is 5.56 Å². The van der Waals surface area contributed by atoms with E-state index in [2.05, 4.69) is 15.4 Å². The number of hydrogen-bond donors (Lipinski definition) is 1. The highest BCUT2D eigenvalue weighted by Gasteiger charge is 2.22. The van der Waals surface area contributed by atoms with Crippen LogP contribution in [0.5, 0.6) is 0 Å². The molecule has 0 saturated carbocycles. The van der Waals surface area contributed by atoms with Gasteiger partial charge < -0.3 is 5.32 Å². The number of hydrogen-bond acceptors (Lipinski definition) is 3. The van der Waals surface area contributed by atoms with Crippen LogP contribution < -0.4 is 5.32 Å². The fraction of sp³-hybridized carbons (Fsp3) is 0.0952. The lowest BCUT2D eigenvalue weighted by molar-refractivity contribution is 0.102. The van der Waals surface area contributed by atoms with Crippen LogP contribution in [-0.2, 0) is 0 Å². The van der Waals surface area contributed by atoms with Crippen molar-refractivity contribution in [3.05, 3.63) is 83.2 Å². The third-order valence-electron chi connectivity index (χ3n) is 4.48. The lowest BCUT2D eigenvalue weighted by atomic mass is 10.1. The number of halogens is 4. The molecule has 0 spiro atoms. The molecule has 0 aliphatic heterocycles. The largest absolute Gasteiger partial charge is 0.319 e. The minimum absolute atomic E-state index is 0.0527. The molecule has 4 rings (SSSR count). The first-order valence-corrected chi connectivity index (χ1v) is 8.84. The van der Waals surface area contributed by atoms with Crippen LogP contribution in [0.4, 0.5) is 23.2 Å². The second-order valence-corrected chi connectivity index (χ2v) is 6.60. The van der Waals surface area contributed by atoms with E-state index in [-0.39, 0.29) is 22.6 Å². The molecule has 4 aromatic rings. The zero-order chi connectivity index (χ0) is 21.4. The predicted molar refractivity (Wildman–Crippen MR) is 102 cm³/mol. The number of aromatic nitrogens is 3. The molecule has 152 valence electrons. The SMILES string of the molecule is Cc1ccc(F)c(NC(=O)c2cnn3c(C(F)F)cc(-c4ccc(F)cc4)nc23)c1. The maximum Gasteiger partial charge on any atom is 0.280 e. The molecule has 30 heavy (non-hydrogen) atoms. The molecular weight excluding hydrogens is 400 g/mol. The molecule has 0 bridgehead atoms. The predicted octanol–water partition coefficient (Wildman–Crippen LogP) is 5.17. The van der Waals surface area contributed by atoms with Gasteiger partial charge in [-0.3, -0.25) is 4.79 Å². The maximum absolute atomic E-state index is 14.0. The van der Waals surface area contributed by atoms with Crippen molar-refractivity contribution in [2.45, 2.75) is 13.3 Å². The minimum Gasteiger partial charge on any atom is -0.319 e. The Morgan fingerprint density at radius 1 is 1.07 bits per heavy atom. The molecule has 0 radical (unpaired) electrons. The van der Waals surface area contributed by atoms with Gasteiger partial charge in [0.05, 0.1) is 17.6 Å². The van der Waals surface area contributed by atoms with Crippen LogP contribution in [-0.4, -0.2) is 20.5 Å². The van der Waals surface area contributed by atoms with E-state index in [0.29, 0.717) is 5.56 Å². The summed E-state index contributed by atoms with van der Waals surface area (Å²) in [6.07, 6.45) is -1.81. The van der Waals surface area contributed by atoms with E-state index in [1.807, 2.05) is 0 Å². The van der Waals surface area contributed by atoms with Crippen molar-refractivity contribution in [2.24, 2.45) is 0 Å². The van der Waals surface area contributed by atoms with Crippen LogP contribution in [0.3, 0.4) is 0 Å². The molecule has 0 aliphatic rings. The molecule has 1 amide bonds. The fourth-order valence-corrected chi connectivity index (χ4v) is 2.99. The number of fused-ring (bicyclic) bond motifs is 1. The van der Waals surface area contributed by atoms with Gasteiger partial charge in [-0.1, -0.05) is 6.07 Å². The molecule has 0 unspecified atom stereocenters. The first kappa shape index (κ1) is 19.6. The van der Waals surface area contributed by atoms with E-state index < -0.39 is 29.7 Å². The van der Waals surface area contributed by atoms with Crippen LogP contribution in [0.1, 0.15) is 28.0 Å². The van der Waals surface area contributed by atoms with Crippen LogP contribution >= 0.6 is 0 Å². The summed E-state index contributed by atoms with van der Waals surface area (Å²) >= 11 is 0. The fourth-order valence-electron chi connectivity index (χ4n) is 2.99. The molecule has 0 atom stereocenters. The second kappa shape index (κ2) is 7.58. The van der Waals surface area contributed by atoms with Gasteiger partial charge in [0.2, 0.25) is 0 Å². The van der Waals surface area contributed by atoms with E-state index in [4.69, 9.17) is 0 Å². The highest BCUT2D eigenvalue weighted by Crippen LogP contribution is 2.27. The van der Waals surface area contributed by atoms with Gasteiger partial charge in [0.25, 0.3) is 12.3 Å². The van der Waals surface area contributed by atoms with Gasteiger partial charge >= 0.3 is 0 Å². The Bertz CT molecular complexity index is 1250. The topological polar surface area (TPSA) is 59.3 Å². The lowest BCUT2D eigenvalue weighted by Crippen LogP contribution is -2.14. The number of benzene rings is 2. The van der Waals surface area contributed by atoms with Crippen molar-refractivity contribution < 1.29 is 22.4 Å². The summed E-state index contributed by atoms with van der Waals surface area (Å²) in [4.78, 5) is 17.0. The summed E-state index contributed by atoms with van der Waals surface area (Å²) in [5.74, 6) is -1.88. The number of nitrogens with one attached hydrogen (secondary N) is 1. The highest BCUT2D eigenvalue weighted by molar-refractivity contribution is 6.08. The van der Waals surface area contributed by atoms with Crippen molar-refractivity contribution in [1.29, 1.82) is 0 Å². The number of alkyl halides is 2. The molecule has 0 aliphatic carbocycles. The van der Waals surface area contributed by atoms with Crippen LogP contribution in [0, 0.1) is 18.6 Å². The molecule has 0 saturated heterocycles. The Kier molecular flexibility index (Phi) is 4.94. The normalized spacial score (nSPS) is 11.3. The molecule has 0 fully saturated rings. The van der Waals surface area contributed by atoms with E-state index in [9.17, 15) is 22.4 Å². The van der Waals surface area contributed by atoms with Gasteiger partial charge in [0.1, 0.15) is 22.9 Å². The zero-order valence-electron chi connectivity index (χ0n) is 15.5. The summed E-state index contributed by atoms with van der Waals surface area (Å²) in [6, 6.07) is 10.5. The van der Waals surface area contributed by atoms with E-state index in [1.165, 1.54) is 36.4 Å². The Hall–Kier alpha value is -3.75. The summed E-state index contributed by atoms with van der Waals surface area (Å²) in [7, 11) is 0. The Balaban J connectivity index is 1.81. The van der Waals surface area contributed by atoms with Crippen LogP contribution in [0.25, 0.3) is 16.9 Å². The zero-order valence-corrected chi connectivity index (χ0v) is 15.5. The third kappa shape index (κ3) is 3.61. The minimum atomic E-state index is -2.90. The molecule has 2 aromatic carbocycles.